The molecule has 0 aliphatic rings. The summed E-state index contributed by atoms with van der Waals surface area (Å²) in [7, 11) is 1.52. The van der Waals surface area contributed by atoms with E-state index < -0.39 is 12.0 Å². The Balaban J connectivity index is 2.08. The second kappa shape index (κ2) is 8.26. The molecule has 0 aliphatic carbocycles. The van der Waals surface area contributed by atoms with Gasteiger partial charge in [-0.1, -0.05) is 42.5 Å². The predicted octanol–water partition coefficient (Wildman–Crippen LogP) is 3.07. The van der Waals surface area contributed by atoms with E-state index in [-0.39, 0.29) is 18.2 Å². The minimum atomic E-state index is -1.05. The summed E-state index contributed by atoms with van der Waals surface area (Å²) in [6.45, 7) is 1.88. The van der Waals surface area contributed by atoms with Crippen LogP contribution < -0.4 is 10.1 Å². The van der Waals surface area contributed by atoms with E-state index in [0.717, 1.165) is 5.56 Å². The standard InChI is InChI=1S/C19H21NO4/c1-13(14-7-4-3-5-8-14)20-17(19(22)23)12-18(21)15-9-6-10-16(11-15)24-2/h3-11,13,17,20H,12H2,1-2H3,(H,22,23)/t13-,17-/m1/s1. The molecule has 0 aromatic heterocycles. The fourth-order valence-corrected chi connectivity index (χ4v) is 2.46. The highest BCUT2D eigenvalue weighted by Crippen LogP contribution is 2.17. The van der Waals surface area contributed by atoms with Crippen LogP contribution in [0.4, 0.5) is 0 Å². The van der Waals surface area contributed by atoms with Crippen molar-refractivity contribution in [3.63, 3.8) is 0 Å². The highest BCUT2D eigenvalue weighted by molar-refractivity contribution is 5.99. The van der Waals surface area contributed by atoms with Gasteiger partial charge in [0.2, 0.25) is 0 Å². The molecule has 2 atom stereocenters. The van der Waals surface area contributed by atoms with Crippen molar-refractivity contribution >= 4 is 11.8 Å². The van der Waals surface area contributed by atoms with Crippen LogP contribution in [0.25, 0.3) is 0 Å². The fraction of sp³-hybridized carbons (Fsp3) is 0.263. The van der Waals surface area contributed by atoms with E-state index in [1.165, 1.54) is 7.11 Å². The van der Waals surface area contributed by atoms with Crippen LogP contribution in [-0.4, -0.2) is 30.0 Å². The Morgan fingerprint density at radius 3 is 2.46 bits per heavy atom. The number of aliphatic carboxylic acids is 1. The summed E-state index contributed by atoms with van der Waals surface area (Å²) in [5.74, 6) is -0.721. The van der Waals surface area contributed by atoms with Crippen molar-refractivity contribution in [1.82, 2.24) is 5.32 Å². The van der Waals surface area contributed by atoms with Crippen molar-refractivity contribution in [3.8, 4) is 5.75 Å². The number of carbonyl (C=O) groups is 2. The van der Waals surface area contributed by atoms with Gasteiger partial charge in [-0.3, -0.25) is 14.9 Å². The first kappa shape index (κ1) is 17.7. The maximum absolute atomic E-state index is 12.4. The minimum absolute atomic E-state index is 0.125. The number of benzene rings is 2. The fourth-order valence-electron chi connectivity index (χ4n) is 2.46. The minimum Gasteiger partial charge on any atom is -0.497 e. The van der Waals surface area contributed by atoms with Crippen molar-refractivity contribution in [2.45, 2.75) is 25.4 Å². The Morgan fingerprint density at radius 2 is 1.83 bits per heavy atom. The summed E-state index contributed by atoms with van der Waals surface area (Å²) in [6.07, 6.45) is -0.125. The van der Waals surface area contributed by atoms with E-state index in [1.54, 1.807) is 24.3 Å². The summed E-state index contributed by atoms with van der Waals surface area (Å²) >= 11 is 0. The van der Waals surface area contributed by atoms with Gasteiger partial charge in [-0.15, -0.1) is 0 Å². The van der Waals surface area contributed by atoms with Gasteiger partial charge in [-0.05, 0) is 24.6 Å². The highest BCUT2D eigenvalue weighted by atomic mass is 16.5. The Labute approximate surface area is 141 Å². The van der Waals surface area contributed by atoms with Crippen LogP contribution in [-0.2, 0) is 4.79 Å². The molecule has 0 fully saturated rings. The van der Waals surface area contributed by atoms with Gasteiger partial charge in [-0.2, -0.15) is 0 Å². The number of hydrogen-bond acceptors (Lipinski definition) is 4. The van der Waals surface area contributed by atoms with Gasteiger partial charge in [0.25, 0.3) is 0 Å². The highest BCUT2D eigenvalue weighted by Gasteiger charge is 2.24. The monoisotopic (exact) mass is 327 g/mol. The SMILES string of the molecule is COc1cccc(C(=O)C[C@@H](N[C@H](C)c2ccccc2)C(=O)O)c1. The zero-order valence-electron chi connectivity index (χ0n) is 13.7. The maximum Gasteiger partial charge on any atom is 0.321 e. The molecule has 2 aromatic rings. The molecular weight excluding hydrogens is 306 g/mol. The zero-order chi connectivity index (χ0) is 17.5. The molecule has 0 radical (unpaired) electrons. The lowest BCUT2D eigenvalue weighted by Crippen LogP contribution is -2.40. The number of ketones is 1. The quantitative estimate of drug-likeness (QED) is 0.729. The van der Waals surface area contributed by atoms with Gasteiger partial charge in [-0.25, -0.2) is 0 Å². The third kappa shape index (κ3) is 4.67. The average molecular weight is 327 g/mol. The third-order valence-electron chi connectivity index (χ3n) is 3.83. The molecule has 2 aromatic carbocycles. The molecule has 0 saturated carbocycles. The van der Waals surface area contributed by atoms with Crippen molar-refractivity contribution in [2.24, 2.45) is 0 Å². The lowest BCUT2D eigenvalue weighted by Gasteiger charge is -2.20. The first-order valence-corrected chi connectivity index (χ1v) is 7.72. The number of carbonyl (C=O) groups excluding carboxylic acids is 1. The van der Waals surface area contributed by atoms with Gasteiger partial charge >= 0.3 is 5.97 Å². The number of ether oxygens (including phenoxy) is 1. The first-order chi connectivity index (χ1) is 11.5. The van der Waals surface area contributed by atoms with Crippen LogP contribution in [0.1, 0.15) is 35.3 Å². The number of methoxy groups -OCH3 is 1. The summed E-state index contributed by atoms with van der Waals surface area (Å²) in [5, 5.41) is 12.4. The van der Waals surface area contributed by atoms with Gasteiger partial charge in [0.05, 0.1) is 7.11 Å². The number of Topliss-reactive ketones (excluding diaryl/α,β-unsaturated/α-hetero) is 1. The summed E-state index contributed by atoms with van der Waals surface area (Å²) in [6, 6.07) is 15.1. The number of nitrogens with one attached hydrogen (secondary N) is 1. The number of carboxylic acid groups (broad SMARTS) is 1. The second-order valence-electron chi connectivity index (χ2n) is 5.55. The van der Waals surface area contributed by atoms with E-state index in [4.69, 9.17) is 4.74 Å². The summed E-state index contributed by atoms with van der Waals surface area (Å²) < 4.78 is 5.10. The molecule has 24 heavy (non-hydrogen) atoms. The largest absolute Gasteiger partial charge is 0.497 e. The van der Waals surface area contributed by atoms with Crippen molar-refractivity contribution in [3.05, 3.63) is 65.7 Å². The molecule has 0 saturated heterocycles. The van der Waals surface area contributed by atoms with Crippen LogP contribution in [0.15, 0.2) is 54.6 Å². The molecule has 0 amide bonds. The average Bonchev–Trinajstić information content (AvgIpc) is 2.61. The molecule has 0 bridgehead atoms. The third-order valence-corrected chi connectivity index (χ3v) is 3.83. The number of hydrogen-bond donors (Lipinski definition) is 2. The number of carboxylic acids is 1. The molecular formula is C19H21NO4. The van der Waals surface area contributed by atoms with Crippen LogP contribution in [0, 0.1) is 0 Å². The molecule has 2 N–H and O–H groups in total. The van der Waals surface area contributed by atoms with Crippen LogP contribution in [0.5, 0.6) is 5.75 Å². The molecule has 0 heterocycles. The van der Waals surface area contributed by atoms with Gasteiger partial charge < -0.3 is 9.84 Å². The van der Waals surface area contributed by atoms with E-state index in [2.05, 4.69) is 5.32 Å². The molecule has 5 heteroatoms. The zero-order valence-corrected chi connectivity index (χ0v) is 13.7. The maximum atomic E-state index is 12.4. The second-order valence-corrected chi connectivity index (χ2v) is 5.55. The van der Waals surface area contributed by atoms with Crippen LogP contribution in [0.3, 0.4) is 0 Å². The number of rotatable bonds is 8. The lowest BCUT2D eigenvalue weighted by atomic mass is 10.0. The van der Waals surface area contributed by atoms with Gasteiger partial charge in [0.1, 0.15) is 11.8 Å². The van der Waals surface area contributed by atoms with Gasteiger partial charge in [0.15, 0.2) is 5.78 Å². The van der Waals surface area contributed by atoms with E-state index in [9.17, 15) is 14.7 Å². The lowest BCUT2D eigenvalue weighted by molar-refractivity contribution is -0.139. The van der Waals surface area contributed by atoms with E-state index in [1.807, 2.05) is 37.3 Å². The predicted molar refractivity (Wildman–Crippen MR) is 91.4 cm³/mol. The van der Waals surface area contributed by atoms with Crippen LogP contribution in [0.2, 0.25) is 0 Å². The molecule has 126 valence electrons. The Bertz CT molecular complexity index is 700. The summed E-state index contributed by atoms with van der Waals surface area (Å²) in [5.41, 5.74) is 1.41. The summed E-state index contributed by atoms with van der Waals surface area (Å²) in [4.78, 5) is 23.9. The Hall–Kier alpha value is -2.66. The van der Waals surface area contributed by atoms with E-state index >= 15 is 0 Å². The molecule has 5 nitrogen and oxygen atoms in total. The van der Waals surface area contributed by atoms with Crippen LogP contribution >= 0.6 is 0 Å². The first-order valence-electron chi connectivity index (χ1n) is 7.72. The molecule has 2 rings (SSSR count). The van der Waals surface area contributed by atoms with E-state index in [0.29, 0.717) is 11.3 Å². The smallest absolute Gasteiger partial charge is 0.321 e. The molecule has 0 aliphatic heterocycles. The van der Waals surface area contributed by atoms with Crippen molar-refractivity contribution in [1.29, 1.82) is 0 Å². The Kier molecular flexibility index (Phi) is 6.09. The Morgan fingerprint density at radius 1 is 1.12 bits per heavy atom. The van der Waals surface area contributed by atoms with Crippen molar-refractivity contribution in [2.75, 3.05) is 7.11 Å². The molecule has 0 spiro atoms. The topological polar surface area (TPSA) is 75.6 Å². The van der Waals surface area contributed by atoms with Crippen molar-refractivity contribution < 1.29 is 19.4 Å². The van der Waals surface area contributed by atoms with Gasteiger partial charge in [0, 0.05) is 18.0 Å². The normalized spacial score (nSPS) is 13.1. The molecule has 0 unspecified atom stereocenters.